The molecule has 0 heterocycles. The van der Waals surface area contributed by atoms with Gasteiger partial charge in [-0.3, -0.25) is 4.99 Å². The number of aliphatic imine (C=N–C) groups is 1. The van der Waals surface area contributed by atoms with Crippen LogP contribution in [0, 0.1) is 0 Å². The Kier molecular flexibility index (Phi) is 8.89. The van der Waals surface area contributed by atoms with Gasteiger partial charge in [0.1, 0.15) is 5.75 Å². The number of halogens is 2. The van der Waals surface area contributed by atoms with E-state index in [0.717, 1.165) is 27.9 Å². The molecule has 0 unspecified atom stereocenters. The number of para-hydroxylation sites is 1. The van der Waals surface area contributed by atoms with E-state index in [2.05, 4.69) is 17.1 Å². The topological polar surface area (TPSA) is 32.6 Å². The molecule has 0 aliphatic carbocycles. The average Bonchev–Trinajstić information content (AvgIpc) is 2.81. The summed E-state index contributed by atoms with van der Waals surface area (Å²) in [6, 6.07) is 33.8. The molecule has 0 bridgehead atoms. The third-order valence-corrected chi connectivity index (χ3v) is 4.44. The zero-order valence-electron chi connectivity index (χ0n) is 16.0. The van der Waals surface area contributed by atoms with E-state index in [1.807, 2.05) is 91.0 Å². The Morgan fingerprint density at radius 2 is 1.17 bits per heavy atom. The van der Waals surface area contributed by atoms with Crippen molar-refractivity contribution in [3.8, 4) is 28.0 Å². The summed E-state index contributed by atoms with van der Waals surface area (Å²) < 4.78 is 0. The molecule has 5 heteroatoms. The van der Waals surface area contributed by atoms with E-state index in [9.17, 15) is 5.11 Å². The molecule has 4 aromatic carbocycles. The first-order valence-corrected chi connectivity index (χ1v) is 15.6. The summed E-state index contributed by atoms with van der Waals surface area (Å²) in [5.74, 6) is 0.237. The molecule has 0 spiro atoms. The van der Waals surface area contributed by atoms with Gasteiger partial charge < -0.3 is 5.11 Å². The van der Waals surface area contributed by atoms with Gasteiger partial charge in [-0.2, -0.15) is 0 Å². The van der Waals surface area contributed by atoms with Gasteiger partial charge >= 0.3 is 37.9 Å². The first-order valence-electron chi connectivity index (χ1n) is 9.26. The van der Waals surface area contributed by atoms with Crippen LogP contribution in [0.15, 0.2) is 108 Å². The fourth-order valence-corrected chi connectivity index (χ4v) is 3.05. The Balaban J connectivity index is 0.000000806. The first-order chi connectivity index (χ1) is 14.7. The van der Waals surface area contributed by atoms with Gasteiger partial charge in [-0.1, -0.05) is 78.9 Å². The summed E-state index contributed by atoms with van der Waals surface area (Å²) in [7, 11) is 9.87. The Morgan fingerprint density at radius 1 is 0.667 bits per heavy atom. The second-order valence-electron chi connectivity index (χ2n) is 6.36. The van der Waals surface area contributed by atoms with E-state index in [-0.39, 0.29) is 5.75 Å². The number of nitrogens with zero attached hydrogens (tertiary/aromatic N) is 1. The van der Waals surface area contributed by atoms with Crippen LogP contribution in [-0.4, -0.2) is 11.3 Å². The normalized spacial score (nSPS) is 10.3. The molecule has 0 atom stereocenters. The van der Waals surface area contributed by atoms with Gasteiger partial charge in [0.15, 0.2) is 0 Å². The summed E-state index contributed by atoms with van der Waals surface area (Å²) in [6.07, 6.45) is 1.73. The second-order valence-corrected chi connectivity index (χ2v) is 10.1. The van der Waals surface area contributed by atoms with Crippen LogP contribution in [0.4, 0.5) is 5.69 Å². The van der Waals surface area contributed by atoms with Crippen molar-refractivity contribution in [2.75, 3.05) is 0 Å². The molecule has 0 fully saturated rings. The van der Waals surface area contributed by atoms with Crippen molar-refractivity contribution in [3.05, 3.63) is 109 Å². The fraction of sp³-hybridized carbons (Fsp3) is 0. The van der Waals surface area contributed by atoms with E-state index in [1.54, 1.807) is 6.21 Å². The molecule has 148 valence electrons. The zero-order valence-corrected chi connectivity index (χ0v) is 20.0. The van der Waals surface area contributed by atoms with Crippen LogP contribution >= 0.6 is 17.0 Å². The van der Waals surface area contributed by atoms with Gasteiger partial charge in [-0.15, -0.1) is 0 Å². The molecule has 4 rings (SSSR count). The molecule has 30 heavy (non-hydrogen) atoms. The van der Waals surface area contributed by atoms with Crippen LogP contribution in [0.3, 0.4) is 0 Å². The third kappa shape index (κ3) is 6.16. The number of rotatable bonds is 4. The Morgan fingerprint density at radius 3 is 1.73 bits per heavy atom. The number of phenolic OH excluding ortho intramolecular Hbond substituents is 1. The van der Waals surface area contributed by atoms with Crippen molar-refractivity contribution >= 4 is 28.9 Å². The SMILES string of the molecule is Oc1c(C=Nc2ccccc2)cc(-c2ccccc2)cc1-c1ccccc1.[Cl][Zr][Cl]. The van der Waals surface area contributed by atoms with Gasteiger partial charge in [-0.05, 0) is 41.0 Å². The van der Waals surface area contributed by atoms with Crippen molar-refractivity contribution in [2.45, 2.75) is 0 Å². The van der Waals surface area contributed by atoms with Crippen LogP contribution < -0.4 is 0 Å². The van der Waals surface area contributed by atoms with Gasteiger partial charge in [0.2, 0.25) is 0 Å². The molecule has 0 aromatic heterocycles. The molecule has 0 radical (unpaired) electrons. The van der Waals surface area contributed by atoms with Crippen LogP contribution in [0.2, 0.25) is 0 Å². The fourth-order valence-electron chi connectivity index (χ4n) is 3.05. The summed E-state index contributed by atoms with van der Waals surface area (Å²) >= 11 is -0.826. The van der Waals surface area contributed by atoms with Crippen LogP contribution in [0.25, 0.3) is 22.3 Å². The molecule has 4 aromatic rings. The zero-order chi connectivity index (χ0) is 21.2. The van der Waals surface area contributed by atoms with Crippen molar-refractivity contribution in [1.82, 2.24) is 0 Å². The van der Waals surface area contributed by atoms with E-state index < -0.39 is 20.8 Å². The number of hydrogen-bond donors (Lipinski definition) is 1. The van der Waals surface area contributed by atoms with Crippen LogP contribution in [-0.2, 0) is 20.8 Å². The average molecular weight is 512 g/mol. The second kappa shape index (κ2) is 11.9. The Hall–Kier alpha value is -2.19. The van der Waals surface area contributed by atoms with Gasteiger partial charge in [0.05, 0.1) is 5.69 Å². The van der Waals surface area contributed by atoms with Crippen LogP contribution in [0.1, 0.15) is 5.56 Å². The molecule has 0 aliphatic heterocycles. The summed E-state index contributed by atoms with van der Waals surface area (Å²) in [6.45, 7) is 0. The first kappa shape index (κ1) is 22.5. The molecule has 0 saturated heterocycles. The van der Waals surface area contributed by atoms with Gasteiger partial charge in [0.25, 0.3) is 0 Å². The number of hydrogen-bond acceptors (Lipinski definition) is 2. The monoisotopic (exact) mass is 509 g/mol. The number of phenols is 1. The van der Waals surface area contributed by atoms with Gasteiger partial charge in [-0.25, -0.2) is 0 Å². The number of benzene rings is 4. The van der Waals surface area contributed by atoms with Crippen molar-refractivity contribution in [1.29, 1.82) is 0 Å². The Labute approximate surface area is 195 Å². The van der Waals surface area contributed by atoms with Crippen molar-refractivity contribution in [3.63, 3.8) is 0 Å². The maximum atomic E-state index is 10.9. The molecule has 1 N–H and O–H groups in total. The molecule has 0 aliphatic rings. The van der Waals surface area contributed by atoms with Crippen molar-refractivity contribution in [2.24, 2.45) is 4.99 Å². The summed E-state index contributed by atoms with van der Waals surface area (Å²) in [4.78, 5) is 4.52. The van der Waals surface area contributed by atoms with E-state index >= 15 is 0 Å². The summed E-state index contributed by atoms with van der Waals surface area (Å²) in [5, 5.41) is 10.9. The van der Waals surface area contributed by atoms with Crippen molar-refractivity contribution < 1.29 is 26.0 Å². The summed E-state index contributed by atoms with van der Waals surface area (Å²) in [5.41, 5.74) is 5.46. The van der Waals surface area contributed by atoms with Gasteiger partial charge in [0, 0.05) is 17.3 Å². The minimum absolute atomic E-state index is 0.237. The van der Waals surface area contributed by atoms with Crippen LogP contribution in [0.5, 0.6) is 5.75 Å². The predicted octanol–water partition coefficient (Wildman–Crippen LogP) is 7.85. The molecular formula is C25H19Cl2NOZr. The number of aromatic hydroxyl groups is 1. The molecule has 0 amide bonds. The third-order valence-electron chi connectivity index (χ3n) is 4.44. The molecule has 2 nitrogen and oxygen atoms in total. The maximum absolute atomic E-state index is 10.9. The standard InChI is InChI=1S/C25H19NO.2ClH.Zr/c27-25-22(18-26-23-14-8-3-9-15-23)16-21(19-10-4-1-5-11-19)17-24(25)20-12-6-2-7-13-20;;;/h1-18,27H;2*1H;/q;;;+2/p-2. The quantitative estimate of drug-likeness (QED) is 0.278. The molecule has 0 saturated carbocycles. The molecular weight excluding hydrogens is 492 g/mol. The Bertz CT molecular complexity index is 1090. The van der Waals surface area contributed by atoms with E-state index in [1.165, 1.54) is 0 Å². The van der Waals surface area contributed by atoms with E-state index in [4.69, 9.17) is 17.0 Å². The predicted molar refractivity (Wildman–Crippen MR) is 124 cm³/mol. The minimum atomic E-state index is -0.826. The van der Waals surface area contributed by atoms with E-state index in [0.29, 0.717) is 5.56 Å².